The maximum absolute atomic E-state index is 13.5. The molecule has 24 heavy (non-hydrogen) atoms. The fraction of sp³-hybridized carbons (Fsp3) is 0. The maximum atomic E-state index is 13.5. The zero-order valence-electron chi connectivity index (χ0n) is 13.2. The van der Waals surface area contributed by atoms with E-state index in [1.54, 1.807) is 24.3 Å². The Balaban J connectivity index is 0. The van der Waals surface area contributed by atoms with Crippen LogP contribution in [0.1, 0.15) is 0 Å². The molecular formula is C14H10FN4Na2O3-. The summed E-state index contributed by atoms with van der Waals surface area (Å²) in [6, 6.07) is 9.24. The van der Waals surface area contributed by atoms with E-state index in [4.69, 9.17) is 10.3 Å². The van der Waals surface area contributed by atoms with Crippen LogP contribution in [0.15, 0.2) is 53.4 Å². The van der Waals surface area contributed by atoms with Gasteiger partial charge in [-0.25, -0.2) is 4.98 Å². The van der Waals surface area contributed by atoms with Gasteiger partial charge < -0.3 is 31.4 Å². The van der Waals surface area contributed by atoms with Crippen LogP contribution in [0.3, 0.4) is 0 Å². The summed E-state index contributed by atoms with van der Waals surface area (Å²) in [5.41, 5.74) is 8.39. The number of nitrogens with zero attached hydrogens (tertiary/aromatic N) is 3. The van der Waals surface area contributed by atoms with E-state index in [1.807, 2.05) is 6.26 Å². The van der Waals surface area contributed by atoms with Crippen molar-refractivity contribution in [3.8, 4) is 16.9 Å². The number of pyridine rings is 1. The predicted molar refractivity (Wildman–Crippen MR) is 72.8 cm³/mol. The molecule has 0 radical (unpaired) electrons. The van der Waals surface area contributed by atoms with Crippen LogP contribution in [-0.2, 0) is 4.79 Å². The third-order valence-corrected chi connectivity index (χ3v) is 2.48. The Morgan fingerprint density at radius 2 is 1.88 bits per heavy atom. The Bertz CT molecular complexity index is 711. The molecule has 0 atom stereocenters. The van der Waals surface area contributed by atoms with Gasteiger partial charge in [0.25, 0.3) is 0 Å². The molecule has 1 aromatic carbocycles. The van der Waals surface area contributed by atoms with Gasteiger partial charge in [0, 0.05) is 23.8 Å². The average Bonchev–Trinajstić information content (AvgIpc) is 2.49. The molecule has 3 N–H and O–H groups in total. The number of hydrogen-bond acceptors (Lipinski definition) is 6. The zero-order chi connectivity index (χ0) is 15.2. The van der Waals surface area contributed by atoms with Gasteiger partial charge in [0.2, 0.25) is 5.95 Å². The Labute approximate surface area is 182 Å². The molecule has 2 aromatic rings. The number of hydrogen-bond donors (Lipinski definition) is 1. The molecule has 1 aromatic heterocycles. The fourth-order valence-corrected chi connectivity index (χ4v) is 1.51. The molecule has 10 heteroatoms. The van der Waals surface area contributed by atoms with Crippen LogP contribution in [-0.4, -0.2) is 11.0 Å². The van der Waals surface area contributed by atoms with Gasteiger partial charge in [-0.2, -0.15) is 4.39 Å². The molecule has 0 saturated heterocycles. The van der Waals surface area contributed by atoms with E-state index in [0.717, 1.165) is 0 Å². The maximum Gasteiger partial charge on any atom is 1.00 e. The van der Waals surface area contributed by atoms with Crippen molar-refractivity contribution < 1.29 is 78.1 Å². The minimum absolute atomic E-state index is 0. The monoisotopic (exact) mass is 347 g/mol. The van der Waals surface area contributed by atoms with E-state index in [1.165, 1.54) is 18.3 Å². The number of benzene rings is 1. The molecule has 0 unspecified atom stereocenters. The second-order valence-corrected chi connectivity index (χ2v) is 3.81. The zero-order valence-corrected chi connectivity index (χ0v) is 17.2. The minimum Gasteiger partial charge on any atom is -0.708 e. The Kier molecular flexibility index (Phi) is 12.8. The van der Waals surface area contributed by atoms with E-state index >= 15 is 0 Å². The molecule has 0 saturated carbocycles. The van der Waals surface area contributed by atoms with Gasteiger partial charge in [0.05, 0.1) is 0 Å². The summed E-state index contributed by atoms with van der Waals surface area (Å²) in [5, 5.41) is 12.9. The summed E-state index contributed by atoms with van der Waals surface area (Å²) in [7, 11) is 0. The van der Waals surface area contributed by atoms with Crippen LogP contribution >= 0.6 is 0 Å². The molecular weight excluding hydrogens is 337 g/mol. The number of ether oxygens (including phenoxy) is 1. The van der Waals surface area contributed by atoms with Crippen molar-refractivity contribution in [3.05, 3.63) is 66.0 Å². The summed E-state index contributed by atoms with van der Waals surface area (Å²) >= 11 is 0. The molecule has 114 valence electrons. The number of halogens is 1. The van der Waals surface area contributed by atoms with Crippen molar-refractivity contribution in [2.24, 2.45) is 5.11 Å². The number of carbonyl (C=O) groups excluding carboxylic acids is 1. The molecule has 0 spiro atoms. The normalized spacial score (nSPS) is 9.62. The van der Waals surface area contributed by atoms with Crippen LogP contribution < -0.4 is 75.1 Å². The smallest absolute Gasteiger partial charge is 0.708 e. The molecule has 0 fully saturated rings. The van der Waals surface area contributed by atoms with E-state index in [-0.39, 0.29) is 71.0 Å². The Hall–Kier alpha value is -1.13. The molecule has 0 amide bonds. The number of carbonyl (C=O) groups is 1. The van der Waals surface area contributed by atoms with Crippen molar-refractivity contribution in [2.45, 2.75) is 0 Å². The quantitative estimate of drug-likeness (QED) is 0.146. The van der Waals surface area contributed by atoms with E-state index < -0.39 is 17.6 Å². The first-order valence-corrected chi connectivity index (χ1v) is 5.69. The first-order chi connectivity index (χ1) is 10.1. The predicted octanol–water partition coefficient (Wildman–Crippen LogP) is -4.15. The number of aromatic nitrogens is 1. The summed E-state index contributed by atoms with van der Waals surface area (Å²) in [5.74, 6) is -2.10. The Morgan fingerprint density at radius 3 is 2.38 bits per heavy atom. The van der Waals surface area contributed by atoms with Crippen molar-refractivity contribution in [3.63, 3.8) is 0 Å². The van der Waals surface area contributed by atoms with Gasteiger partial charge in [-0.3, -0.25) is 0 Å². The third kappa shape index (κ3) is 6.78. The summed E-state index contributed by atoms with van der Waals surface area (Å²) in [4.78, 5) is 14.0. The Morgan fingerprint density at radius 1 is 1.25 bits per heavy atom. The number of carboxylic acid groups (broad SMARTS) is 1. The second-order valence-electron chi connectivity index (χ2n) is 3.81. The van der Waals surface area contributed by atoms with Crippen molar-refractivity contribution in [2.75, 3.05) is 0 Å². The van der Waals surface area contributed by atoms with Gasteiger partial charge >= 0.3 is 59.1 Å². The molecule has 1 heterocycles. The van der Waals surface area contributed by atoms with Gasteiger partial charge in [-0.1, -0.05) is 24.3 Å². The van der Waals surface area contributed by atoms with Crippen LogP contribution in [0.5, 0.6) is 5.75 Å². The summed E-state index contributed by atoms with van der Waals surface area (Å²) in [6.07, 6.45) is 3.25. The van der Waals surface area contributed by atoms with E-state index in [9.17, 15) is 14.3 Å². The van der Waals surface area contributed by atoms with Crippen LogP contribution in [0.2, 0.25) is 0 Å². The molecule has 0 aliphatic rings. The first kappa shape index (κ1) is 25.1. The van der Waals surface area contributed by atoms with Crippen LogP contribution in [0.25, 0.3) is 16.7 Å². The number of rotatable bonds is 5. The van der Waals surface area contributed by atoms with Gasteiger partial charge in [0.1, 0.15) is 0 Å². The van der Waals surface area contributed by atoms with E-state index in [2.05, 4.69) is 10.1 Å². The van der Waals surface area contributed by atoms with Crippen LogP contribution in [0.4, 0.5) is 4.39 Å². The van der Waals surface area contributed by atoms with Crippen molar-refractivity contribution in [1.82, 2.24) is 11.1 Å². The molecule has 0 aliphatic heterocycles. The molecule has 7 nitrogen and oxygen atoms in total. The van der Waals surface area contributed by atoms with E-state index in [0.29, 0.717) is 11.1 Å². The van der Waals surface area contributed by atoms with Gasteiger partial charge in [-0.05, 0) is 29.4 Å². The van der Waals surface area contributed by atoms with Crippen molar-refractivity contribution >= 4 is 5.97 Å². The minimum atomic E-state index is -1.73. The van der Waals surface area contributed by atoms with Crippen LogP contribution in [0, 0.1) is 12.2 Å². The second kappa shape index (κ2) is 12.3. The summed E-state index contributed by atoms with van der Waals surface area (Å²) < 4.78 is 18.4. The van der Waals surface area contributed by atoms with Gasteiger partial charge in [-0.15, -0.1) is 0 Å². The molecule has 2 rings (SSSR count). The van der Waals surface area contributed by atoms with Gasteiger partial charge in [0.15, 0.2) is 0 Å². The fourth-order valence-electron chi connectivity index (χ4n) is 1.51. The summed E-state index contributed by atoms with van der Waals surface area (Å²) in [6.45, 7) is 0. The number of aliphatic carboxylic acids is 1. The largest absolute Gasteiger partial charge is 1.00 e. The SMILES string of the molecule is N.[N-]=NC(=[C-]Oc1ccc(-c2cccnc2F)cc1)C(=O)[O-].[Na+].[Na+]. The third-order valence-electron chi connectivity index (χ3n) is 2.48. The average molecular weight is 347 g/mol. The first-order valence-electron chi connectivity index (χ1n) is 5.69. The number of carboxylic acids is 1. The standard InChI is InChI=1S/C14H8FN3O3.H3N.2Na/c15-13-11(2-1-7-17-13)9-3-5-10(6-4-9)21-8-12(18-16)14(19)20;;;/h1-7H,(H,19,20);1H3;;/q-2;;2*+1/p-1. The topological polar surface area (TPSA) is 132 Å². The van der Waals surface area contributed by atoms with Crippen molar-refractivity contribution in [1.29, 1.82) is 0 Å². The molecule has 0 bridgehead atoms. The molecule has 0 aliphatic carbocycles.